The molecule has 0 saturated carbocycles. The smallest absolute Gasteiger partial charge is 0.326 e. The van der Waals surface area contributed by atoms with E-state index in [1.807, 2.05) is 0 Å². The molecule has 0 aliphatic rings. The van der Waals surface area contributed by atoms with Gasteiger partial charge < -0.3 is 43.4 Å². The zero-order valence-electron chi connectivity index (χ0n) is 20.4. The number of aliphatic carboxylic acids is 1. The quantitative estimate of drug-likeness (QED) is 0.110. The number of aliphatic hydroxyl groups excluding tert-OH is 1. The van der Waals surface area contributed by atoms with E-state index in [9.17, 15) is 39.0 Å². The Labute approximate surface area is 213 Å². The first-order valence-electron chi connectivity index (χ1n) is 11.5. The zero-order valence-corrected chi connectivity index (χ0v) is 20.4. The van der Waals surface area contributed by atoms with Crippen molar-refractivity contribution in [3.8, 4) is 0 Å². The molecule has 0 bridgehead atoms. The Morgan fingerprint density at radius 3 is 1.81 bits per heavy atom. The number of nitrogens with one attached hydrogen (secondary N) is 3. The van der Waals surface area contributed by atoms with E-state index in [1.165, 1.54) is 6.92 Å². The third-order valence-electron chi connectivity index (χ3n) is 5.30. The van der Waals surface area contributed by atoms with Crippen LogP contribution in [0.15, 0.2) is 30.3 Å². The van der Waals surface area contributed by atoms with Gasteiger partial charge in [-0.05, 0) is 31.7 Å². The van der Waals surface area contributed by atoms with Gasteiger partial charge in [-0.25, -0.2) is 4.79 Å². The van der Waals surface area contributed by atoms with Gasteiger partial charge in [0.05, 0.1) is 12.1 Å². The molecule has 0 heterocycles. The number of amides is 5. The highest BCUT2D eigenvalue weighted by Crippen LogP contribution is 2.06. The second-order valence-electron chi connectivity index (χ2n) is 8.49. The summed E-state index contributed by atoms with van der Waals surface area (Å²) in [4.78, 5) is 71.9. The number of primary amides is 2. The number of hydrogen-bond donors (Lipinski definition) is 8. The normalized spacial score (nSPS) is 14.8. The monoisotopic (exact) mass is 522 g/mol. The molecule has 11 N–H and O–H groups in total. The summed E-state index contributed by atoms with van der Waals surface area (Å²) < 4.78 is 0. The van der Waals surface area contributed by atoms with Gasteiger partial charge in [-0.3, -0.25) is 24.0 Å². The van der Waals surface area contributed by atoms with Crippen LogP contribution in [0.4, 0.5) is 0 Å². The number of carbonyl (C=O) groups excluding carboxylic acids is 5. The summed E-state index contributed by atoms with van der Waals surface area (Å²) in [6, 6.07) is 3.34. The Bertz CT molecular complexity index is 971. The van der Waals surface area contributed by atoms with Crippen LogP contribution >= 0.6 is 0 Å². The van der Waals surface area contributed by atoms with E-state index in [0.29, 0.717) is 0 Å². The predicted molar refractivity (Wildman–Crippen MR) is 130 cm³/mol. The van der Waals surface area contributed by atoms with Crippen LogP contribution in [-0.4, -0.2) is 76.0 Å². The number of carboxylic acid groups (broad SMARTS) is 1. The fraction of sp³-hybridized carbons (Fsp3) is 0.478. The summed E-state index contributed by atoms with van der Waals surface area (Å²) >= 11 is 0. The largest absolute Gasteiger partial charge is 0.480 e. The van der Waals surface area contributed by atoms with E-state index in [4.69, 9.17) is 17.2 Å². The maximum atomic E-state index is 12.9. The van der Waals surface area contributed by atoms with Crippen molar-refractivity contribution in [1.29, 1.82) is 0 Å². The first kappa shape index (κ1) is 31.0. The lowest BCUT2D eigenvalue weighted by molar-refractivity contribution is -0.143. The number of hydrogen-bond acceptors (Lipinski definition) is 8. The number of nitrogens with two attached hydrogens (primary N) is 3. The standard InChI is InChI=1S/C23H34N6O8/c1-12(30)19(22(35)28-16(23(36)37)8-10-18(26)32)29-21(34)15(7-9-17(25)31)27-20(33)14(24)11-13-5-3-2-4-6-13/h2-6,12,14-16,19,30H,7-11,24H2,1H3,(H2,25,31)(H2,26,32)(H,27,33)(H,28,35)(H,29,34)(H,36,37). The molecule has 5 atom stereocenters. The Hall–Kier alpha value is -4.04. The van der Waals surface area contributed by atoms with Crippen LogP contribution in [0.2, 0.25) is 0 Å². The molecule has 0 fully saturated rings. The van der Waals surface area contributed by atoms with Crippen molar-refractivity contribution in [2.45, 2.75) is 69.3 Å². The highest BCUT2D eigenvalue weighted by molar-refractivity contribution is 5.94. The van der Waals surface area contributed by atoms with Gasteiger partial charge in [0.15, 0.2) is 0 Å². The number of rotatable bonds is 16. The molecule has 1 rings (SSSR count). The van der Waals surface area contributed by atoms with Crippen molar-refractivity contribution in [3.63, 3.8) is 0 Å². The van der Waals surface area contributed by atoms with E-state index < -0.39 is 65.8 Å². The summed E-state index contributed by atoms with van der Waals surface area (Å²) in [5.74, 6) is -5.68. The maximum absolute atomic E-state index is 12.9. The Kier molecular flexibility index (Phi) is 12.7. The first-order chi connectivity index (χ1) is 17.3. The van der Waals surface area contributed by atoms with Gasteiger partial charge in [0, 0.05) is 12.8 Å². The number of aliphatic hydroxyl groups is 1. The van der Waals surface area contributed by atoms with E-state index in [0.717, 1.165) is 5.56 Å². The fourth-order valence-corrected chi connectivity index (χ4v) is 3.26. The number of carbonyl (C=O) groups is 6. The molecule has 1 aromatic rings. The minimum absolute atomic E-state index is 0.164. The van der Waals surface area contributed by atoms with Crippen LogP contribution in [0.3, 0.4) is 0 Å². The molecule has 5 unspecified atom stereocenters. The molecule has 0 aliphatic carbocycles. The van der Waals surface area contributed by atoms with Crippen LogP contribution in [0.1, 0.15) is 38.2 Å². The van der Waals surface area contributed by atoms with E-state index in [-0.39, 0.29) is 32.1 Å². The SMILES string of the molecule is CC(O)C(NC(=O)C(CCC(N)=O)NC(=O)C(N)Cc1ccccc1)C(=O)NC(CCC(N)=O)C(=O)O. The Morgan fingerprint density at radius 1 is 0.811 bits per heavy atom. The van der Waals surface area contributed by atoms with Gasteiger partial charge in [0.1, 0.15) is 18.1 Å². The van der Waals surface area contributed by atoms with Gasteiger partial charge in [0.25, 0.3) is 0 Å². The average Bonchev–Trinajstić information content (AvgIpc) is 2.82. The number of benzene rings is 1. The van der Waals surface area contributed by atoms with Crippen LogP contribution in [-0.2, 0) is 35.2 Å². The van der Waals surface area contributed by atoms with E-state index >= 15 is 0 Å². The molecule has 204 valence electrons. The van der Waals surface area contributed by atoms with Crippen molar-refractivity contribution in [1.82, 2.24) is 16.0 Å². The Morgan fingerprint density at radius 2 is 1.32 bits per heavy atom. The summed E-state index contributed by atoms with van der Waals surface area (Å²) in [5, 5.41) is 26.1. The fourth-order valence-electron chi connectivity index (χ4n) is 3.26. The molecule has 5 amide bonds. The topological polar surface area (TPSA) is 257 Å². The van der Waals surface area contributed by atoms with Crippen LogP contribution < -0.4 is 33.2 Å². The molecular formula is C23H34N6O8. The molecule has 1 aromatic carbocycles. The zero-order chi connectivity index (χ0) is 28.1. The lowest BCUT2D eigenvalue weighted by Crippen LogP contribution is -2.60. The minimum Gasteiger partial charge on any atom is -0.480 e. The summed E-state index contributed by atoms with van der Waals surface area (Å²) in [5.41, 5.74) is 16.9. The molecule has 14 nitrogen and oxygen atoms in total. The molecule has 0 radical (unpaired) electrons. The van der Waals surface area contributed by atoms with Crippen molar-refractivity contribution < 1.29 is 39.0 Å². The van der Waals surface area contributed by atoms with Crippen LogP contribution in [0.5, 0.6) is 0 Å². The van der Waals surface area contributed by atoms with E-state index in [2.05, 4.69) is 16.0 Å². The van der Waals surface area contributed by atoms with Gasteiger partial charge in [-0.1, -0.05) is 30.3 Å². The lowest BCUT2D eigenvalue weighted by atomic mass is 10.0. The average molecular weight is 523 g/mol. The highest BCUT2D eigenvalue weighted by Gasteiger charge is 2.33. The summed E-state index contributed by atoms with van der Waals surface area (Å²) in [6.07, 6.45) is -2.47. The van der Waals surface area contributed by atoms with Crippen molar-refractivity contribution >= 4 is 35.5 Å². The van der Waals surface area contributed by atoms with Crippen molar-refractivity contribution in [2.75, 3.05) is 0 Å². The molecular weight excluding hydrogens is 488 g/mol. The molecule has 0 aliphatic heterocycles. The highest BCUT2D eigenvalue weighted by atomic mass is 16.4. The third kappa shape index (κ3) is 11.5. The molecule has 14 heteroatoms. The third-order valence-corrected chi connectivity index (χ3v) is 5.30. The van der Waals surface area contributed by atoms with Gasteiger partial charge in [-0.2, -0.15) is 0 Å². The second-order valence-corrected chi connectivity index (χ2v) is 8.49. The molecule has 0 saturated heterocycles. The molecule has 0 aromatic heterocycles. The van der Waals surface area contributed by atoms with Crippen molar-refractivity contribution in [2.24, 2.45) is 17.2 Å². The van der Waals surface area contributed by atoms with Gasteiger partial charge >= 0.3 is 5.97 Å². The maximum Gasteiger partial charge on any atom is 0.326 e. The Balaban J connectivity index is 2.95. The second kappa shape index (κ2) is 15.2. The first-order valence-corrected chi connectivity index (χ1v) is 11.5. The van der Waals surface area contributed by atoms with Crippen LogP contribution in [0, 0.1) is 0 Å². The molecule has 37 heavy (non-hydrogen) atoms. The lowest BCUT2D eigenvalue weighted by Gasteiger charge is -2.26. The van der Waals surface area contributed by atoms with E-state index in [1.54, 1.807) is 30.3 Å². The summed E-state index contributed by atoms with van der Waals surface area (Å²) in [7, 11) is 0. The summed E-state index contributed by atoms with van der Waals surface area (Å²) in [6.45, 7) is 1.18. The van der Waals surface area contributed by atoms with Crippen molar-refractivity contribution in [3.05, 3.63) is 35.9 Å². The van der Waals surface area contributed by atoms with Gasteiger partial charge in [-0.15, -0.1) is 0 Å². The van der Waals surface area contributed by atoms with Crippen LogP contribution in [0.25, 0.3) is 0 Å². The number of carboxylic acids is 1. The van der Waals surface area contributed by atoms with Gasteiger partial charge in [0.2, 0.25) is 29.5 Å². The minimum atomic E-state index is -1.63. The predicted octanol–water partition coefficient (Wildman–Crippen LogP) is -2.99. The molecule has 0 spiro atoms.